The van der Waals surface area contributed by atoms with Gasteiger partial charge < -0.3 is 5.11 Å². The van der Waals surface area contributed by atoms with Gasteiger partial charge in [-0.3, -0.25) is 0 Å². The third-order valence-corrected chi connectivity index (χ3v) is 4.76. The van der Waals surface area contributed by atoms with Crippen molar-refractivity contribution in [2.75, 3.05) is 13.2 Å². The molecule has 6 heteroatoms. The summed E-state index contributed by atoms with van der Waals surface area (Å²) in [6, 6.07) is 3.66. The molecule has 0 aromatic heterocycles. The lowest BCUT2D eigenvalue weighted by atomic mass is 10.2. The first kappa shape index (κ1) is 15.0. The first-order chi connectivity index (χ1) is 9.36. The molecule has 0 amide bonds. The van der Waals surface area contributed by atoms with Gasteiger partial charge in [-0.25, -0.2) is 17.5 Å². The Balaban J connectivity index is 2.18. The maximum atomic E-state index is 13.9. The molecule has 0 spiro atoms. The van der Waals surface area contributed by atoms with Crippen LogP contribution in [0.5, 0.6) is 0 Å². The summed E-state index contributed by atoms with van der Waals surface area (Å²) in [5.74, 6) is 4.06. The van der Waals surface area contributed by atoms with Crippen molar-refractivity contribution in [3.8, 4) is 11.8 Å². The lowest BCUT2D eigenvalue weighted by molar-refractivity contribution is 0.350. The van der Waals surface area contributed by atoms with Gasteiger partial charge in [0, 0.05) is 12.1 Å². The monoisotopic (exact) mass is 297 g/mol. The Morgan fingerprint density at radius 1 is 1.45 bits per heavy atom. The molecule has 20 heavy (non-hydrogen) atoms. The quantitative estimate of drug-likeness (QED) is 0.822. The average Bonchev–Trinajstić information content (AvgIpc) is 3.13. The van der Waals surface area contributed by atoms with Crippen molar-refractivity contribution in [2.24, 2.45) is 5.41 Å². The molecule has 1 aromatic carbocycles. The van der Waals surface area contributed by atoms with E-state index in [0.29, 0.717) is 12.1 Å². The summed E-state index contributed by atoms with van der Waals surface area (Å²) in [7, 11) is -3.84. The van der Waals surface area contributed by atoms with Crippen LogP contribution in [0.25, 0.3) is 0 Å². The summed E-state index contributed by atoms with van der Waals surface area (Å²) < 4.78 is 40.3. The van der Waals surface area contributed by atoms with Gasteiger partial charge in [0.25, 0.3) is 0 Å². The smallest absolute Gasteiger partial charge is 0.243 e. The SMILES string of the molecule is CC1(CNS(=O)(=O)c2ccc(C#CCO)cc2F)CC1. The number of hydrogen-bond donors (Lipinski definition) is 2. The Labute approximate surface area is 118 Å². The Bertz CT molecular complexity index is 669. The predicted molar refractivity (Wildman–Crippen MR) is 72.9 cm³/mol. The fraction of sp³-hybridized carbons (Fsp3) is 0.429. The first-order valence-electron chi connectivity index (χ1n) is 6.25. The summed E-state index contributed by atoms with van der Waals surface area (Å²) in [6.07, 6.45) is 1.96. The highest BCUT2D eigenvalue weighted by atomic mass is 32.2. The van der Waals surface area contributed by atoms with Crippen molar-refractivity contribution in [3.63, 3.8) is 0 Å². The molecule has 1 saturated carbocycles. The second-order valence-electron chi connectivity index (χ2n) is 5.24. The highest BCUT2D eigenvalue weighted by Crippen LogP contribution is 2.44. The summed E-state index contributed by atoms with van der Waals surface area (Å²) in [5.41, 5.74) is 0.334. The molecule has 0 saturated heterocycles. The normalized spacial score (nSPS) is 16.4. The Hall–Kier alpha value is -1.42. The topological polar surface area (TPSA) is 66.4 Å². The standard InChI is InChI=1S/C14H16FNO3S/c1-14(6-7-14)10-16-20(18,19)13-5-4-11(3-2-8-17)9-12(13)15/h4-5,9,16-17H,6-8,10H2,1H3. The molecule has 2 N–H and O–H groups in total. The van der Waals surface area contributed by atoms with Gasteiger partial charge in [-0.1, -0.05) is 18.8 Å². The van der Waals surface area contributed by atoms with Crippen molar-refractivity contribution >= 4 is 10.0 Å². The Kier molecular flexibility index (Phi) is 4.14. The second-order valence-corrected chi connectivity index (χ2v) is 6.98. The number of benzene rings is 1. The average molecular weight is 297 g/mol. The minimum Gasteiger partial charge on any atom is -0.384 e. The van der Waals surface area contributed by atoms with E-state index < -0.39 is 15.8 Å². The summed E-state index contributed by atoms with van der Waals surface area (Å²) >= 11 is 0. The molecule has 0 atom stereocenters. The molecule has 0 radical (unpaired) electrons. The zero-order valence-electron chi connectivity index (χ0n) is 11.1. The van der Waals surface area contributed by atoms with Crippen LogP contribution in [0.15, 0.2) is 23.1 Å². The third-order valence-electron chi connectivity index (χ3n) is 3.33. The number of hydrogen-bond acceptors (Lipinski definition) is 3. The fourth-order valence-corrected chi connectivity index (χ4v) is 2.93. The predicted octanol–water partition coefficient (Wildman–Crippen LogP) is 1.25. The van der Waals surface area contributed by atoms with Crippen LogP contribution < -0.4 is 4.72 Å². The zero-order chi connectivity index (χ0) is 14.8. The van der Waals surface area contributed by atoms with Crippen molar-refractivity contribution in [3.05, 3.63) is 29.6 Å². The molecule has 0 aliphatic heterocycles. The zero-order valence-corrected chi connectivity index (χ0v) is 11.9. The van der Waals surface area contributed by atoms with Gasteiger partial charge in [0.15, 0.2) is 0 Å². The first-order valence-corrected chi connectivity index (χ1v) is 7.74. The Morgan fingerprint density at radius 2 is 2.15 bits per heavy atom. The number of rotatable bonds is 4. The minimum absolute atomic E-state index is 0.0100. The molecule has 1 fully saturated rings. The maximum Gasteiger partial charge on any atom is 0.243 e. The molecule has 108 valence electrons. The van der Waals surface area contributed by atoms with Gasteiger partial charge in [0.1, 0.15) is 17.3 Å². The van der Waals surface area contributed by atoms with Crippen molar-refractivity contribution in [2.45, 2.75) is 24.7 Å². The van der Waals surface area contributed by atoms with Gasteiger partial charge in [-0.05, 0) is 36.5 Å². The van der Waals surface area contributed by atoms with Crippen LogP contribution in [-0.4, -0.2) is 26.7 Å². The van der Waals surface area contributed by atoms with E-state index in [1.165, 1.54) is 12.1 Å². The van der Waals surface area contributed by atoms with Crippen LogP contribution in [0.3, 0.4) is 0 Å². The molecule has 0 heterocycles. The maximum absolute atomic E-state index is 13.9. The van der Waals surface area contributed by atoms with E-state index in [-0.39, 0.29) is 16.9 Å². The fourth-order valence-electron chi connectivity index (χ4n) is 1.68. The van der Waals surface area contributed by atoms with Crippen molar-refractivity contribution in [1.29, 1.82) is 0 Å². The molecule has 1 aliphatic carbocycles. The van der Waals surface area contributed by atoms with Crippen molar-refractivity contribution < 1.29 is 17.9 Å². The van der Waals surface area contributed by atoms with Crippen LogP contribution in [0.4, 0.5) is 4.39 Å². The molecule has 2 rings (SSSR count). The van der Waals surface area contributed by atoms with Crippen LogP contribution in [-0.2, 0) is 10.0 Å². The lowest BCUT2D eigenvalue weighted by Crippen LogP contribution is -2.29. The largest absolute Gasteiger partial charge is 0.384 e. The minimum atomic E-state index is -3.84. The third kappa shape index (κ3) is 3.57. The highest BCUT2D eigenvalue weighted by Gasteiger charge is 2.38. The second kappa shape index (κ2) is 5.52. The molecule has 1 aromatic rings. The van der Waals surface area contributed by atoms with E-state index in [1.54, 1.807) is 0 Å². The van der Waals surface area contributed by atoms with Crippen LogP contribution >= 0.6 is 0 Å². The van der Waals surface area contributed by atoms with E-state index in [9.17, 15) is 12.8 Å². The van der Waals surface area contributed by atoms with Crippen LogP contribution in [0, 0.1) is 23.1 Å². The van der Waals surface area contributed by atoms with E-state index in [2.05, 4.69) is 16.6 Å². The van der Waals surface area contributed by atoms with Gasteiger partial charge in [-0.15, -0.1) is 0 Å². The number of sulfonamides is 1. The highest BCUT2D eigenvalue weighted by molar-refractivity contribution is 7.89. The Morgan fingerprint density at radius 3 is 2.70 bits per heavy atom. The van der Waals surface area contributed by atoms with E-state index in [0.717, 1.165) is 18.9 Å². The molecule has 0 bridgehead atoms. The molecular weight excluding hydrogens is 281 g/mol. The van der Waals surface area contributed by atoms with Gasteiger partial charge in [-0.2, -0.15) is 0 Å². The lowest BCUT2D eigenvalue weighted by Gasteiger charge is -2.11. The van der Waals surface area contributed by atoms with Crippen molar-refractivity contribution in [1.82, 2.24) is 4.72 Å². The van der Waals surface area contributed by atoms with Crippen LogP contribution in [0.1, 0.15) is 25.3 Å². The van der Waals surface area contributed by atoms with Crippen LogP contribution in [0.2, 0.25) is 0 Å². The summed E-state index contributed by atoms with van der Waals surface area (Å²) in [6.45, 7) is 1.97. The van der Waals surface area contributed by atoms with E-state index in [1.807, 2.05) is 6.92 Å². The van der Waals surface area contributed by atoms with Gasteiger partial charge in [0.05, 0.1) is 0 Å². The van der Waals surface area contributed by atoms with E-state index in [4.69, 9.17) is 5.11 Å². The molecular formula is C14H16FNO3S. The number of aliphatic hydroxyl groups excluding tert-OH is 1. The summed E-state index contributed by atoms with van der Waals surface area (Å²) in [4.78, 5) is -0.378. The number of nitrogens with one attached hydrogen (secondary N) is 1. The van der Waals surface area contributed by atoms with Gasteiger partial charge >= 0.3 is 0 Å². The van der Waals surface area contributed by atoms with E-state index >= 15 is 0 Å². The molecule has 1 aliphatic rings. The summed E-state index contributed by atoms with van der Waals surface area (Å²) in [5, 5.41) is 8.56. The molecule has 0 unspecified atom stereocenters. The van der Waals surface area contributed by atoms with Gasteiger partial charge in [0.2, 0.25) is 10.0 Å². The molecule has 4 nitrogen and oxygen atoms in total. The number of halogens is 1. The number of aliphatic hydroxyl groups is 1.